The van der Waals surface area contributed by atoms with Gasteiger partial charge in [0.15, 0.2) is 0 Å². The molecule has 6 heteroatoms. The molecular formula is C15H17N5S. The average molecular weight is 299 g/mol. The van der Waals surface area contributed by atoms with Crippen LogP contribution in [0.1, 0.15) is 12.5 Å². The Kier molecular flexibility index (Phi) is 3.72. The van der Waals surface area contributed by atoms with E-state index in [2.05, 4.69) is 51.5 Å². The molecule has 3 N–H and O–H groups in total. The Balaban J connectivity index is 2.07. The molecule has 108 valence electrons. The van der Waals surface area contributed by atoms with E-state index in [1.54, 1.807) is 11.3 Å². The van der Waals surface area contributed by atoms with Gasteiger partial charge in [0, 0.05) is 12.7 Å². The lowest BCUT2D eigenvalue weighted by Crippen LogP contribution is -2.15. The van der Waals surface area contributed by atoms with Crippen molar-refractivity contribution in [1.82, 2.24) is 9.97 Å². The van der Waals surface area contributed by atoms with Gasteiger partial charge >= 0.3 is 0 Å². The first-order chi connectivity index (χ1) is 10.2. The molecule has 0 aliphatic heterocycles. The van der Waals surface area contributed by atoms with Crippen molar-refractivity contribution in [2.75, 3.05) is 17.4 Å². The van der Waals surface area contributed by atoms with Crippen molar-refractivity contribution in [1.29, 1.82) is 0 Å². The van der Waals surface area contributed by atoms with Crippen LogP contribution in [0.5, 0.6) is 0 Å². The van der Waals surface area contributed by atoms with Gasteiger partial charge in [-0.2, -0.15) is 4.98 Å². The molecule has 3 aromatic rings. The molecule has 1 aromatic carbocycles. The predicted molar refractivity (Wildman–Crippen MR) is 89.1 cm³/mol. The normalized spacial score (nSPS) is 10.8. The number of nitrogens with zero attached hydrogens (tertiary/aromatic N) is 3. The molecule has 0 amide bonds. The van der Waals surface area contributed by atoms with E-state index < -0.39 is 0 Å². The lowest BCUT2D eigenvalue weighted by molar-refractivity contribution is 1.09. The molecule has 2 heterocycles. The number of hydrogen-bond acceptors (Lipinski definition) is 6. The summed E-state index contributed by atoms with van der Waals surface area (Å²) in [4.78, 5) is 11.8. The zero-order chi connectivity index (χ0) is 14.8. The third-order valence-corrected chi connectivity index (χ3v) is 4.29. The standard InChI is InChI=1S/C15H17N5S/c1-3-10-4-6-11(7-5-10)20(2)13-12-8-9-21-14(12)18-15(17-13)19-16/h4-9H,3,16H2,1-2H3,(H,17,18,19). The van der Waals surface area contributed by atoms with Crippen LogP contribution in [0.4, 0.5) is 17.5 Å². The zero-order valence-electron chi connectivity index (χ0n) is 12.0. The monoisotopic (exact) mass is 299 g/mol. The maximum Gasteiger partial charge on any atom is 0.240 e. The molecule has 0 unspecified atom stereocenters. The quantitative estimate of drug-likeness (QED) is 0.571. The van der Waals surface area contributed by atoms with E-state index in [4.69, 9.17) is 5.84 Å². The van der Waals surface area contributed by atoms with E-state index in [1.807, 2.05) is 18.5 Å². The average Bonchev–Trinajstić information content (AvgIpc) is 3.01. The van der Waals surface area contributed by atoms with Gasteiger partial charge in [0.1, 0.15) is 10.6 Å². The number of nitrogens with two attached hydrogens (primary N) is 1. The summed E-state index contributed by atoms with van der Waals surface area (Å²) in [7, 11) is 2.00. The molecule has 0 saturated carbocycles. The minimum absolute atomic E-state index is 0.428. The van der Waals surface area contributed by atoms with Crippen LogP contribution in [-0.4, -0.2) is 17.0 Å². The van der Waals surface area contributed by atoms with Crippen molar-refractivity contribution < 1.29 is 0 Å². The van der Waals surface area contributed by atoms with E-state index in [0.717, 1.165) is 28.1 Å². The Bertz CT molecular complexity index is 750. The van der Waals surface area contributed by atoms with Gasteiger partial charge < -0.3 is 4.90 Å². The summed E-state index contributed by atoms with van der Waals surface area (Å²) < 4.78 is 0. The Morgan fingerprint density at radius 3 is 2.62 bits per heavy atom. The van der Waals surface area contributed by atoms with Gasteiger partial charge in [0.25, 0.3) is 0 Å². The summed E-state index contributed by atoms with van der Waals surface area (Å²) in [5, 5.41) is 3.04. The van der Waals surface area contributed by atoms with Crippen LogP contribution >= 0.6 is 11.3 Å². The Labute approximate surface area is 127 Å². The molecule has 3 rings (SSSR count). The van der Waals surface area contributed by atoms with Crippen molar-refractivity contribution >= 4 is 39.0 Å². The number of nitrogen functional groups attached to an aromatic ring is 1. The van der Waals surface area contributed by atoms with Crippen LogP contribution in [-0.2, 0) is 6.42 Å². The van der Waals surface area contributed by atoms with Crippen molar-refractivity contribution in [3.05, 3.63) is 41.3 Å². The summed E-state index contributed by atoms with van der Waals surface area (Å²) in [6, 6.07) is 10.5. The van der Waals surface area contributed by atoms with E-state index in [0.29, 0.717) is 5.95 Å². The number of aryl methyl sites for hydroxylation is 1. The van der Waals surface area contributed by atoms with Gasteiger partial charge in [0.05, 0.1) is 5.39 Å². The third kappa shape index (κ3) is 2.55. The number of hydrazine groups is 1. The molecule has 0 atom stereocenters. The fourth-order valence-corrected chi connectivity index (χ4v) is 3.00. The van der Waals surface area contributed by atoms with Gasteiger partial charge in [-0.05, 0) is 35.6 Å². The number of rotatable bonds is 4. The molecule has 5 nitrogen and oxygen atoms in total. The molecule has 0 bridgehead atoms. The summed E-state index contributed by atoms with van der Waals surface area (Å²) in [6.45, 7) is 2.15. The number of fused-ring (bicyclic) bond motifs is 1. The predicted octanol–water partition coefficient (Wildman–Crippen LogP) is 3.31. The highest BCUT2D eigenvalue weighted by Gasteiger charge is 2.13. The summed E-state index contributed by atoms with van der Waals surface area (Å²) in [6.07, 6.45) is 1.04. The first-order valence-corrected chi connectivity index (χ1v) is 7.65. The molecular weight excluding hydrogens is 282 g/mol. The van der Waals surface area contributed by atoms with Crippen LogP contribution in [0.2, 0.25) is 0 Å². The number of hydrogen-bond donors (Lipinski definition) is 2. The Morgan fingerprint density at radius 2 is 1.95 bits per heavy atom. The first-order valence-electron chi connectivity index (χ1n) is 6.77. The van der Waals surface area contributed by atoms with Crippen LogP contribution in [0, 0.1) is 0 Å². The van der Waals surface area contributed by atoms with Gasteiger partial charge in [-0.3, -0.25) is 5.43 Å². The lowest BCUT2D eigenvalue weighted by Gasteiger charge is -2.20. The highest BCUT2D eigenvalue weighted by atomic mass is 32.1. The van der Waals surface area contributed by atoms with Gasteiger partial charge in [-0.25, -0.2) is 10.8 Å². The second-order valence-corrected chi connectivity index (χ2v) is 5.63. The summed E-state index contributed by atoms with van der Waals surface area (Å²) in [5.41, 5.74) is 4.94. The number of nitrogens with one attached hydrogen (secondary N) is 1. The van der Waals surface area contributed by atoms with E-state index in [1.165, 1.54) is 5.56 Å². The van der Waals surface area contributed by atoms with Crippen molar-refractivity contribution in [3.8, 4) is 0 Å². The van der Waals surface area contributed by atoms with E-state index in [-0.39, 0.29) is 0 Å². The Morgan fingerprint density at radius 1 is 1.19 bits per heavy atom. The third-order valence-electron chi connectivity index (χ3n) is 3.48. The smallest absolute Gasteiger partial charge is 0.240 e. The van der Waals surface area contributed by atoms with Crippen molar-refractivity contribution in [3.63, 3.8) is 0 Å². The molecule has 2 aromatic heterocycles. The van der Waals surface area contributed by atoms with E-state index >= 15 is 0 Å². The minimum Gasteiger partial charge on any atom is -0.329 e. The number of benzene rings is 1. The van der Waals surface area contributed by atoms with Gasteiger partial charge in [0.2, 0.25) is 5.95 Å². The zero-order valence-corrected chi connectivity index (χ0v) is 12.8. The van der Waals surface area contributed by atoms with Crippen LogP contribution in [0.3, 0.4) is 0 Å². The minimum atomic E-state index is 0.428. The maximum absolute atomic E-state index is 5.47. The number of aromatic nitrogens is 2. The fraction of sp³-hybridized carbons (Fsp3) is 0.200. The fourth-order valence-electron chi connectivity index (χ4n) is 2.24. The lowest BCUT2D eigenvalue weighted by atomic mass is 10.1. The summed E-state index contributed by atoms with van der Waals surface area (Å²) in [5.74, 6) is 6.74. The Hall–Kier alpha value is -2.18. The maximum atomic E-state index is 5.47. The second-order valence-electron chi connectivity index (χ2n) is 4.73. The first kappa shape index (κ1) is 13.8. The SMILES string of the molecule is CCc1ccc(N(C)c2nc(NN)nc3sccc23)cc1. The van der Waals surface area contributed by atoms with E-state index in [9.17, 15) is 0 Å². The molecule has 0 fully saturated rings. The number of anilines is 3. The highest BCUT2D eigenvalue weighted by molar-refractivity contribution is 7.16. The van der Waals surface area contributed by atoms with Crippen LogP contribution in [0.15, 0.2) is 35.7 Å². The molecule has 21 heavy (non-hydrogen) atoms. The van der Waals surface area contributed by atoms with Crippen molar-refractivity contribution in [2.45, 2.75) is 13.3 Å². The van der Waals surface area contributed by atoms with Crippen LogP contribution < -0.4 is 16.2 Å². The van der Waals surface area contributed by atoms with Gasteiger partial charge in [-0.15, -0.1) is 11.3 Å². The highest BCUT2D eigenvalue weighted by Crippen LogP contribution is 2.32. The van der Waals surface area contributed by atoms with Gasteiger partial charge in [-0.1, -0.05) is 19.1 Å². The molecule has 0 aliphatic carbocycles. The molecule has 0 spiro atoms. The molecule has 0 radical (unpaired) electrons. The van der Waals surface area contributed by atoms with Crippen LogP contribution in [0.25, 0.3) is 10.2 Å². The number of thiophene rings is 1. The molecule has 0 aliphatic rings. The largest absolute Gasteiger partial charge is 0.329 e. The second kappa shape index (κ2) is 5.67. The summed E-state index contributed by atoms with van der Waals surface area (Å²) >= 11 is 1.58. The molecule has 0 saturated heterocycles. The van der Waals surface area contributed by atoms with Crippen molar-refractivity contribution in [2.24, 2.45) is 5.84 Å². The topological polar surface area (TPSA) is 67.1 Å².